The molecule has 1 aliphatic rings. The van der Waals surface area contributed by atoms with Gasteiger partial charge in [-0.15, -0.1) is 0 Å². The molecule has 1 aliphatic heterocycles. The van der Waals surface area contributed by atoms with E-state index in [1.807, 2.05) is 41.8 Å². The molecule has 0 bridgehead atoms. The fraction of sp³-hybridized carbons (Fsp3) is 0.533. The smallest absolute Gasteiger partial charge is 0.320 e. The number of benzene rings is 1. The quantitative estimate of drug-likeness (QED) is 0.801. The lowest BCUT2D eigenvalue weighted by Gasteiger charge is -2.18. The van der Waals surface area contributed by atoms with Crippen LogP contribution < -0.4 is 0 Å². The molecule has 0 unspecified atom stereocenters. The molecule has 0 aliphatic carbocycles. The number of hydrogen-bond acceptors (Lipinski definition) is 1. The van der Waals surface area contributed by atoms with Gasteiger partial charge < -0.3 is 9.80 Å². The van der Waals surface area contributed by atoms with Crippen molar-refractivity contribution in [2.24, 2.45) is 0 Å². The lowest BCUT2D eigenvalue weighted by atomic mass is 10.2. The molecule has 1 saturated heterocycles. The van der Waals surface area contributed by atoms with Gasteiger partial charge in [0, 0.05) is 26.2 Å². The Kier molecular flexibility index (Phi) is 6.26. The summed E-state index contributed by atoms with van der Waals surface area (Å²) in [6, 6.07) is 10.3. The summed E-state index contributed by atoms with van der Waals surface area (Å²) in [5.41, 5.74) is 1.20. The van der Waals surface area contributed by atoms with Crippen molar-refractivity contribution in [3.63, 3.8) is 0 Å². The van der Waals surface area contributed by atoms with Gasteiger partial charge in [-0.2, -0.15) is 0 Å². The Bertz CT molecular complexity index is 351. The van der Waals surface area contributed by atoms with E-state index in [0.29, 0.717) is 0 Å². The Hall–Kier alpha value is -1.51. The molecule has 1 heterocycles. The van der Waals surface area contributed by atoms with Crippen molar-refractivity contribution in [1.82, 2.24) is 9.80 Å². The zero-order valence-electron chi connectivity index (χ0n) is 11.7. The lowest BCUT2D eigenvalue weighted by Crippen LogP contribution is -2.31. The van der Waals surface area contributed by atoms with Crippen LogP contribution in [0.4, 0.5) is 4.79 Å². The Morgan fingerprint density at radius 1 is 1.06 bits per heavy atom. The molecule has 0 aromatic heterocycles. The van der Waals surface area contributed by atoms with Crippen molar-refractivity contribution in [3.05, 3.63) is 35.9 Å². The first-order valence-corrected chi connectivity index (χ1v) is 6.89. The highest BCUT2D eigenvalue weighted by Crippen LogP contribution is 2.13. The Morgan fingerprint density at radius 2 is 1.67 bits per heavy atom. The van der Waals surface area contributed by atoms with E-state index in [0.717, 1.165) is 32.6 Å². The SMILES string of the molecule is CC.CCCN1CCN(Cc2ccccc2)C1=O. The number of hydrogen-bond donors (Lipinski definition) is 0. The molecule has 3 nitrogen and oxygen atoms in total. The fourth-order valence-electron chi connectivity index (χ4n) is 2.06. The van der Waals surface area contributed by atoms with Gasteiger partial charge in [-0.3, -0.25) is 0 Å². The molecule has 3 heteroatoms. The zero-order chi connectivity index (χ0) is 13.4. The number of carbonyl (C=O) groups excluding carboxylic acids is 1. The van der Waals surface area contributed by atoms with Crippen LogP contribution in [0.25, 0.3) is 0 Å². The van der Waals surface area contributed by atoms with Crippen LogP contribution in [0.1, 0.15) is 32.8 Å². The second-order valence-electron chi connectivity index (χ2n) is 4.18. The molecule has 1 aromatic carbocycles. The maximum atomic E-state index is 12.0. The minimum Gasteiger partial charge on any atom is -0.323 e. The summed E-state index contributed by atoms with van der Waals surface area (Å²) < 4.78 is 0. The van der Waals surface area contributed by atoms with Crippen LogP contribution in [0.2, 0.25) is 0 Å². The van der Waals surface area contributed by atoms with Gasteiger partial charge in [-0.1, -0.05) is 51.1 Å². The van der Waals surface area contributed by atoms with Gasteiger partial charge in [0.2, 0.25) is 0 Å². The summed E-state index contributed by atoms with van der Waals surface area (Å²) >= 11 is 0. The van der Waals surface area contributed by atoms with Gasteiger partial charge in [-0.05, 0) is 12.0 Å². The summed E-state index contributed by atoms with van der Waals surface area (Å²) in [6.45, 7) is 9.45. The van der Waals surface area contributed by atoms with E-state index < -0.39 is 0 Å². The minimum atomic E-state index is 0.186. The van der Waals surface area contributed by atoms with Crippen molar-refractivity contribution >= 4 is 6.03 Å². The van der Waals surface area contributed by atoms with E-state index in [1.54, 1.807) is 0 Å². The fourth-order valence-corrected chi connectivity index (χ4v) is 2.06. The predicted molar refractivity (Wildman–Crippen MR) is 75.5 cm³/mol. The topological polar surface area (TPSA) is 23.6 Å². The van der Waals surface area contributed by atoms with Crippen LogP contribution in [-0.2, 0) is 6.54 Å². The van der Waals surface area contributed by atoms with Crippen LogP contribution in [0, 0.1) is 0 Å². The van der Waals surface area contributed by atoms with Crippen molar-refractivity contribution in [1.29, 1.82) is 0 Å². The number of urea groups is 1. The zero-order valence-corrected chi connectivity index (χ0v) is 11.7. The van der Waals surface area contributed by atoms with E-state index in [9.17, 15) is 4.79 Å². The number of nitrogens with zero attached hydrogens (tertiary/aromatic N) is 2. The van der Waals surface area contributed by atoms with Crippen LogP contribution in [0.3, 0.4) is 0 Å². The first-order valence-electron chi connectivity index (χ1n) is 6.89. The average molecular weight is 248 g/mol. The predicted octanol–water partition coefficient (Wildman–Crippen LogP) is 3.36. The molecular formula is C15H24N2O. The highest BCUT2D eigenvalue weighted by molar-refractivity contribution is 5.76. The van der Waals surface area contributed by atoms with E-state index in [1.165, 1.54) is 5.56 Å². The molecule has 1 aromatic rings. The molecule has 0 spiro atoms. The van der Waals surface area contributed by atoms with Gasteiger partial charge in [0.1, 0.15) is 0 Å². The first kappa shape index (κ1) is 14.6. The third kappa shape index (κ3) is 3.76. The first-order chi connectivity index (χ1) is 8.81. The molecule has 0 atom stereocenters. The van der Waals surface area contributed by atoms with E-state index in [-0.39, 0.29) is 6.03 Å². The van der Waals surface area contributed by atoms with Crippen molar-refractivity contribution < 1.29 is 4.79 Å². The largest absolute Gasteiger partial charge is 0.323 e. The molecule has 100 valence electrons. The molecule has 0 radical (unpaired) electrons. The monoisotopic (exact) mass is 248 g/mol. The highest BCUT2D eigenvalue weighted by atomic mass is 16.2. The summed E-state index contributed by atoms with van der Waals surface area (Å²) in [7, 11) is 0. The van der Waals surface area contributed by atoms with Crippen LogP contribution >= 0.6 is 0 Å². The molecular weight excluding hydrogens is 224 g/mol. The summed E-state index contributed by atoms with van der Waals surface area (Å²) in [5.74, 6) is 0. The van der Waals surface area contributed by atoms with Gasteiger partial charge in [0.15, 0.2) is 0 Å². The van der Waals surface area contributed by atoms with Crippen molar-refractivity contribution in [2.45, 2.75) is 33.7 Å². The van der Waals surface area contributed by atoms with Gasteiger partial charge >= 0.3 is 6.03 Å². The van der Waals surface area contributed by atoms with Crippen LogP contribution in [0.15, 0.2) is 30.3 Å². The van der Waals surface area contributed by atoms with E-state index >= 15 is 0 Å². The standard InChI is InChI=1S/C13H18N2O.C2H6/c1-2-8-14-9-10-15(13(14)16)11-12-6-4-3-5-7-12;1-2/h3-7H,2,8-11H2,1H3;1-2H3. The second kappa shape index (κ2) is 7.75. The molecule has 2 amide bonds. The number of carbonyl (C=O) groups is 1. The number of rotatable bonds is 4. The third-order valence-corrected chi connectivity index (χ3v) is 2.89. The normalized spacial score (nSPS) is 14.5. The van der Waals surface area contributed by atoms with E-state index in [2.05, 4.69) is 19.1 Å². The molecule has 0 N–H and O–H groups in total. The molecule has 2 rings (SSSR count). The minimum absolute atomic E-state index is 0.186. The van der Waals surface area contributed by atoms with Gasteiger partial charge in [0.25, 0.3) is 0 Å². The Balaban J connectivity index is 0.000000771. The maximum Gasteiger partial charge on any atom is 0.320 e. The van der Waals surface area contributed by atoms with Gasteiger partial charge in [-0.25, -0.2) is 4.79 Å². The van der Waals surface area contributed by atoms with Crippen molar-refractivity contribution in [2.75, 3.05) is 19.6 Å². The summed E-state index contributed by atoms with van der Waals surface area (Å²) in [6.07, 6.45) is 1.03. The number of amides is 2. The lowest BCUT2D eigenvalue weighted by molar-refractivity contribution is 0.190. The summed E-state index contributed by atoms with van der Waals surface area (Å²) in [5, 5.41) is 0. The Morgan fingerprint density at radius 3 is 2.28 bits per heavy atom. The second-order valence-corrected chi connectivity index (χ2v) is 4.18. The Labute approximate surface area is 110 Å². The van der Waals surface area contributed by atoms with E-state index in [4.69, 9.17) is 0 Å². The molecule has 18 heavy (non-hydrogen) atoms. The van der Waals surface area contributed by atoms with Crippen molar-refractivity contribution in [3.8, 4) is 0 Å². The highest BCUT2D eigenvalue weighted by Gasteiger charge is 2.27. The third-order valence-electron chi connectivity index (χ3n) is 2.89. The summed E-state index contributed by atoms with van der Waals surface area (Å²) in [4.78, 5) is 15.8. The molecule has 1 fully saturated rings. The maximum absolute atomic E-state index is 12.0. The average Bonchev–Trinajstić information content (AvgIpc) is 2.76. The van der Waals surface area contributed by atoms with Crippen LogP contribution in [-0.4, -0.2) is 35.5 Å². The van der Waals surface area contributed by atoms with Gasteiger partial charge in [0.05, 0.1) is 0 Å². The molecule has 0 saturated carbocycles. The van der Waals surface area contributed by atoms with Crippen LogP contribution in [0.5, 0.6) is 0 Å².